The van der Waals surface area contributed by atoms with Crippen molar-refractivity contribution in [1.29, 1.82) is 0 Å². The lowest BCUT2D eigenvalue weighted by Crippen LogP contribution is -2.38. The van der Waals surface area contributed by atoms with Crippen molar-refractivity contribution in [2.24, 2.45) is 5.92 Å². The fraction of sp³-hybridized carbons (Fsp3) is 0.500. The zero-order valence-electron chi connectivity index (χ0n) is 10.3. The van der Waals surface area contributed by atoms with Crippen molar-refractivity contribution in [3.8, 4) is 0 Å². The number of hydrogen-bond acceptors (Lipinski definition) is 2. The molecule has 1 fully saturated rings. The summed E-state index contributed by atoms with van der Waals surface area (Å²) in [6.07, 6.45) is 1.92. The van der Waals surface area contributed by atoms with E-state index in [-0.39, 0.29) is 4.90 Å². The largest absolute Gasteiger partial charge is 0.245 e. The maximum absolute atomic E-state index is 13.8. The fourth-order valence-electron chi connectivity index (χ4n) is 2.12. The highest BCUT2D eigenvalue weighted by Crippen LogP contribution is 2.34. The van der Waals surface area contributed by atoms with Crippen LogP contribution in [0.15, 0.2) is 27.6 Å². The van der Waals surface area contributed by atoms with Crippen LogP contribution >= 0.6 is 31.9 Å². The van der Waals surface area contributed by atoms with Gasteiger partial charge >= 0.3 is 0 Å². The van der Waals surface area contributed by atoms with E-state index >= 15 is 0 Å². The molecule has 0 unspecified atom stereocenters. The first-order valence-corrected chi connectivity index (χ1v) is 9.01. The van der Waals surface area contributed by atoms with Crippen molar-refractivity contribution in [3.63, 3.8) is 0 Å². The van der Waals surface area contributed by atoms with E-state index in [1.807, 2.05) is 0 Å². The topological polar surface area (TPSA) is 37.4 Å². The number of sulfonamides is 1. The van der Waals surface area contributed by atoms with Gasteiger partial charge in [0, 0.05) is 22.9 Å². The van der Waals surface area contributed by atoms with E-state index in [1.165, 1.54) is 29.6 Å². The van der Waals surface area contributed by atoms with E-state index in [0.29, 0.717) is 21.8 Å². The Bertz CT molecular complexity index is 573. The van der Waals surface area contributed by atoms with Crippen molar-refractivity contribution in [3.05, 3.63) is 28.5 Å². The van der Waals surface area contributed by atoms with Gasteiger partial charge in [-0.1, -0.05) is 31.9 Å². The number of halogens is 3. The second kappa shape index (κ2) is 5.79. The molecule has 0 N–H and O–H groups in total. The Labute approximate surface area is 129 Å². The Hall–Kier alpha value is 0.0200. The molecule has 1 aliphatic rings. The van der Waals surface area contributed by atoms with E-state index < -0.39 is 15.8 Å². The van der Waals surface area contributed by atoms with E-state index in [2.05, 4.69) is 31.9 Å². The molecule has 3 nitrogen and oxygen atoms in total. The van der Waals surface area contributed by atoms with Crippen molar-refractivity contribution < 1.29 is 12.8 Å². The van der Waals surface area contributed by atoms with Crippen molar-refractivity contribution in [2.45, 2.75) is 22.6 Å². The summed E-state index contributed by atoms with van der Waals surface area (Å²) in [5, 5.41) is 0. The summed E-state index contributed by atoms with van der Waals surface area (Å²) in [6, 6.07) is 3.99. The molecule has 106 valence electrons. The van der Waals surface area contributed by atoms with Gasteiger partial charge < -0.3 is 0 Å². The molecule has 1 aromatic carbocycles. The Kier molecular flexibility index (Phi) is 4.70. The average Bonchev–Trinajstić information content (AvgIpc) is 2.26. The van der Waals surface area contributed by atoms with Gasteiger partial charge in [-0.25, -0.2) is 17.1 Å². The normalized spacial score (nSPS) is 23.4. The summed E-state index contributed by atoms with van der Waals surface area (Å²) in [5.41, 5.74) is 0. The third-order valence-corrected chi connectivity index (χ3v) is 6.37. The number of alkyl halides is 1. The summed E-state index contributed by atoms with van der Waals surface area (Å²) in [4.78, 5) is 0.214. The number of hydrogen-bond donors (Lipinski definition) is 0. The molecule has 0 amide bonds. The minimum Gasteiger partial charge on any atom is -0.207 e. The Balaban J connectivity index is 2.16. The Morgan fingerprint density at radius 1 is 1.42 bits per heavy atom. The molecular formula is C12H14Br2FNO2S. The first-order valence-electron chi connectivity index (χ1n) is 5.86. The predicted octanol–water partition coefficient (Wildman–Crippen LogP) is 3.38. The van der Waals surface area contributed by atoms with Gasteiger partial charge in [-0.15, -0.1) is 0 Å². The van der Waals surface area contributed by atoms with Gasteiger partial charge in [0.25, 0.3) is 0 Å². The standard InChI is InChI=1S/C12H14Br2FNO2S/c1-16(7-8-4-10(14)5-8)19(17,18)12-3-2-9(13)6-11(12)15/h2-3,6,8,10H,4-5,7H2,1H3. The van der Waals surface area contributed by atoms with Gasteiger partial charge in [-0.3, -0.25) is 0 Å². The highest BCUT2D eigenvalue weighted by molar-refractivity contribution is 9.10. The van der Waals surface area contributed by atoms with Crippen LogP contribution in [0.1, 0.15) is 12.8 Å². The molecule has 1 saturated carbocycles. The lowest BCUT2D eigenvalue weighted by atomic mass is 9.85. The molecule has 0 saturated heterocycles. The van der Waals surface area contributed by atoms with Crippen molar-refractivity contribution in [2.75, 3.05) is 13.6 Å². The van der Waals surface area contributed by atoms with Gasteiger partial charge in [0.05, 0.1) is 0 Å². The summed E-state index contributed by atoms with van der Waals surface area (Å²) in [6.45, 7) is 0.430. The molecule has 1 aliphatic carbocycles. The SMILES string of the molecule is CN(CC1CC(Br)C1)S(=O)(=O)c1ccc(Br)cc1F. The highest BCUT2D eigenvalue weighted by atomic mass is 79.9. The Morgan fingerprint density at radius 3 is 2.58 bits per heavy atom. The first kappa shape index (κ1) is 15.4. The van der Waals surface area contributed by atoms with Gasteiger partial charge in [0.15, 0.2) is 0 Å². The molecule has 19 heavy (non-hydrogen) atoms. The van der Waals surface area contributed by atoms with Crippen LogP contribution in [0.3, 0.4) is 0 Å². The molecule has 0 radical (unpaired) electrons. The zero-order chi connectivity index (χ0) is 14.2. The van der Waals surface area contributed by atoms with Crippen LogP contribution in [-0.4, -0.2) is 31.1 Å². The fourth-order valence-corrected chi connectivity index (χ4v) is 4.80. The molecule has 2 rings (SSSR count). The van der Waals surface area contributed by atoms with Gasteiger partial charge in [-0.2, -0.15) is 0 Å². The van der Waals surface area contributed by atoms with E-state index in [4.69, 9.17) is 0 Å². The third kappa shape index (κ3) is 3.37. The summed E-state index contributed by atoms with van der Waals surface area (Å²) in [5.74, 6) is -0.379. The molecule has 0 heterocycles. The Morgan fingerprint density at radius 2 is 2.05 bits per heavy atom. The number of benzene rings is 1. The van der Waals surface area contributed by atoms with E-state index in [9.17, 15) is 12.8 Å². The molecule has 0 aliphatic heterocycles. The van der Waals surface area contributed by atoms with Gasteiger partial charge in [0.1, 0.15) is 10.7 Å². The van der Waals surface area contributed by atoms with Crippen LogP contribution in [0.2, 0.25) is 0 Å². The maximum Gasteiger partial charge on any atom is 0.245 e. The molecule has 1 aromatic rings. The molecule has 0 spiro atoms. The van der Waals surface area contributed by atoms with Crippen molar-refractivity contribution >= 4 is 41.9 Å². The van der Waals surface area contributed by atoms with Gasteiger partial charge in [0.2, 0.25) is 10.0 Å². The minimum absolute atomic E-state index is 0.270. The maximum atomic E-state index is 13.8. The second-order valence-corrected chi connectivity index (χ2v) is 9.02. The third-order valence-electron chi connectivity index (χ3n) is 3.28. The molecular weight excluding hydrogens is 401 g/mol. The summed E-state index contributed by atoms with van der Waals surface area (Å²) in [7, 11) is -2.25. The first-order chi connectivity index (χ1) is 8.80. The number of nitrogens with zero attached hydrogens (tertiary/aromatic N) is 1. The molecule has 0 atom stereocenters. The van der Waals surface area contributed by atoms with Crippen LogP contribution < -0.4 is 0 Å². The monoisotopic (exact) mass is 413 g/mol. The van der Waals surface area contributed by atoms with Crippen LogP contribution in [0, 0.1) is 11.7 Å². The zero-order valence-corrected chi connectivity index (χ0v) is 14.3. The minimum atomic E-state index is -3.75. The van der Waals surface area contributed by atoms with Crippen molar-refractivity contribution in [1.82, 2.24) is 4.31 Å². The van der Waals surface area contributed by atoms with Crippen LogP contribution in [0.5, 0.6) is 0 Å². The number of rotatable bonds is 4. The van der Waals surface area contributed by atoms with Crippen LogP contribution in [-0.2, 0) is 10.0 Å². The lowest BCUT2D eigenvalue weighted by molar-refractivity contribution is 0.275. The quantitative estimate of drug-likeness (QED) is 0.708. The smallest absolute Gasteiger partial charge is 0.207 e. The molecule has 0 bridgehead atoms. The summed E-state index contributed by atoms with van der Waals surface area (Å²) < 4.78 is 40.1. The highest BCUT2D eigenvalue weighted by Gasteiger charge is 2.32. The van der Waals surface area contributed by atoms with Crippen LogP contribution in [0.25, 0.3) is 0 Å². The van der Waals surface area contributed by atoms with Crippen LogP contribution in [0.4, 0.5) is 4.39 Å². The van der Waals surface area contributed by atoms with Gasteiger partial charge in [-0.05, 0) is 37.0 Å². The lowest BCUT2D eigenvalue weighted by Gasteiger charge is -2.34. The second-order valence-electron chi connectivity index (χ2n) is 4.79. The molecule has 7 heteroatoms. The predicted molar refractivity (Wildman–Crippen MR) is 79.4 cm³/mol. The molecule has 0 aromatic heterocycles. The summed E-state index contributed by atoms with van der Waals surface area (Å²) >= 11 is 6.59. The average molecular weight is 415 g/mol. The van der Waals surface area contributed by atoms with E-state index in [1.54, 1.807) is 0 Å². The van der Waals surface area contributed by atoms with E-state index in [0.717, 1.165) is 12.8 Å².